The number of amides is 2. The largest absolute Gasteiger partial charge is 0.310 e. The lowest BCUT2D eigenvalue weighted by Crippen LogP contribution is -2.26. The van der Waals surface area contributed by atoms with Crippen LogP contribution < -0.4 is 10.2 Å². The minimum absolute atomic E-state index is 0.0183. The molecular weight excluding hydrogens is 469 g/mol. The van der Waals surface area contributed by atoms with Crippen molar-refractivity contribution in [1.82, 2.24) is 30.8 Å². The third-order valence-electron chi connectivity index (χ3n) is 4.65. The maximum absolute atomic E-state index is 14.0. The molecule has 3 N–H and O–H groups in total. The standard InChI is InChI=1S/C19H13ClFN11O2/c1-32(10-4-2-9(3-5-10)17-27-30-31-28-17)19(34)15-8-16(26-24-15)23-18(33)11-6-13(21)14(25-29-22)7-12(11)20/h2-8H,1H3,(H2,23,24,26,33)(H,27,28,30,31). The van der Waals surface area contributed by atoms with Crippen LogP contribution in [0.2, 0.25) is 5.02 Å². The van der Waals surface area contributed by atoms with E-state index in [1.165, 1.54) is 11.0 Å². The molecule has 0 saturated heterocycles. The summed E-state index contributed by atoms with van der Waals surface area (Å²) in [4.78, 5) is 29.2. The maximum atomic E-state index is 14.0. The van der Waals surface area contributed by atoms with Gasteiger partial charge < -0.3 is 10.2 Å². The fraction of sp³-hybridized carbons (Fsp3) is 0.0526. The number of aromatic nitrogens is 6. The molecule has 2 aromatic carbocycles. The number of nitrogens with one attached hydrogen (secondary N) is 3. The van der Waals surface area contributed by atoms with Gasteiger partial charge in [0, 0.05) is 29.3 Å². The summed E-state index contributed by atoms with van der Waals surface area (Å²) in [6, 6.07) is 10.1. The molecule has 0 atom stereocenters. The zero-order valence-corrected chi connectivity index (χ0v) is 17.9. The van der Waals surface area contributed by atoms with Crippen molar-refractivity contribution in [3.8, 4) is 11.4 Å². The Morgan fingerprint density at radius 1 is 1.21 bits per heavy atom. The Morgan fingerprint density at radius 3 is 2.65 bits per heavy atom. The molecule has 0 radical (unpaired) electrons. The first kappa shape index (κ1) is 22.4. The van der Waals surface area contributed by atoms with Crippen LogP contribution in [0.1, 0.15) is 20.8 Å². The molecular formula is C19H13ClFN11O2. The molecule has 4 aromatic rings. The summed E-state index contributed by atoms with van der Waals surface area (Å²) in [6.45, 7) is 0. The number of hydrogen-bond donors (Lipinski definition) is 3. The number of tetrazole rings is 1. The highest BCUT2D eigenvalue weighted by Crippen LogP contribution is 2.27. The van der Waals surface area contributed by atoms with Crippen molar-refractivity contribution >= 4 is 40.6 Å². The van der Waals surface area contributed by atoms with Gasteiger partial charge in [0.05, 0.1) is 16.3 Å². The number of azide groups is 1. The summed E-state index contributed by atoms with van der Waals surface area (Å²) in [7, 11) is 1.57. The van der Waals surface area contributed by atoms with E-state index in [9.17, 15) is 14.0 Å². The Hall–Kier alpha value is -4.81. The number of anilines is 2. The first-order chi connectivity index (χ1) is 16.4. The lowest BCUT2D eigenvalue weighted by molar-refractivity contribution is 0.0986. The average Bonchev–Trinajstić information content (AvgIpc) is 3.53. The van der Waals surface area contributed by atoms with Gasteiger partial charge in [0.25, 0.3) is 11.8 Å². The van der Waals surface area contributed by atoms with Crippen LogP contribution in [0.3, 0.4) is 0 Å². The SMILES string of the molecule is CN(C(=O)c1cc(NC(=O)c2cc(F)c(N=[N+]=[N-])cc2Cl)n[nH]1)c1ccc(-c2nn[nH]n2)cc1. The van der Waals surface area contributed by atoms with Crippen molar-refractivity contribution in [2.24, 2.45) is 5.11 Å². The van der Waals surface area contributed by atoms with Crippen LogP contribution in [-0.2, 0) is 0 Å². The third kappa shape index (κ3) is 4.53. The Bertz CT molecular complexity index is 1410. The monoisotopic (exact) mass is 481 g/mol. The fourth-order valence-corrected chi connectivity index (χ4v) is 3.17. The summed E-state index contributed by atoms with van der Waals surface area (Å²) < 4.78 is 14.0. The number of aromatic amines is 2. The summed E-state index contributed by atoms with van der Waals surface area (Å²) >= 11 is 5.99. The van der Waals surface area contributed by atoms with Gasteiger partial charge in [0.2, 0.25) is 5.82 Å². The molecule has 0 aliphatic heterocycles. The number of H-pyrrole nitrogens is 2. The summed E-state index contributed by atoms with van der Waals surface area (Å²) in [5, 5.41) is 25.5. The first-order valence-corrected chi connectivity index (χ1v) is 9.78. The maximum Gasteiger partial charge on any atom is 0.276 e. The van der Waals surface area contributed by atoms with Crippen LogP contribution >= 0.6 is 11.6 Å². The molecule has 4 rings (SSSR count). The second-order valence-electron chi connectivity index (χ2n) is 6.74. The van der Waals surface area contributed by atoms with E-state index in [4.69, 9.17) is 17.1 Å². The van der Waals surface area contributed by atoms with Crippen molar-refractivity contribution < 1.29 is 14.0 Å². The number of hydrogen-bond acceptors (Lipinski definition) is 7. The molecule has 0 spiro atoms. The topological polar surface area (TPSA) is 181 Å². The Balaban J connectivity index is 1.46. The zero-order valence-electron chi connectivity index (χ0n) is 17.2. The summed E-state index contributed by atoms with van der Waals surface area (Å²) in [5.41, 5.74) is 9.28. The second kappa shape index (κ2) is 9.36. The zero-order chi connectivity index (χ0) is 24.2. The third-order valence-corrected chi connectivity index (χ3v) is 4.96. The van der Waals surface area contributed by atoms with E-state index in [1.807, 2.05) is 0 Å². The molecule has 0 bridgehead atoms. The van der Waals surface area contributed by atoms with Gasteiger partial charge in [-0.3, -0.25) is 14.7 Å². The van der Waals surface area contributed by atoms with E-state index in [0.29, 0.717) is 17.1 Å². The molecule has 0 unspecified atom stereocenters. The molecule has 170 valence electrons. The Kier molecular flexibility index (Phi) is 6.16. The fourth-order valence-electron chi connectivity index (χ4n) is 2.93. The smallest absolute Gasteiger partial charge is 0.276 e. The molecule has 2 aromatic heterocycles. The summed E-state index contributed by atoms with van der Waals surface area (Å²) in [5.74, 6) is -1.68. The van der Waals surface area contributed by atoms with E-state index in [1.54, 1.807) is 31.3 Å². The van der Waals surface area contributed by atoms with Gasteiger partial charge in [0.15, 0.2) is 5.82 Å². The quantitative estimate of drug-likeness (QED) is 0.213. The Morgan fingerprint density at radius 2 is 1.97 bits per heavy atom. The number of nitrogens with zero attached hydrogens (tertiary/aromatic N) is 8. The van der Waals surface area contributed by atoms with E-state index in [2.05, 4.69) is 46.2 Å². The number of carbonyl (C=O) groups is 2. The van der Waals surface area contributed by atoms with Crippen LogP contribution in [0.25, 0.3) is 21.8 Å². The van der Waals surface area contributed by atoms with Gasteiger partial charge in [0.1, 0.15) is 11.5 Å². The Labute approximate surface area is 194 Å². The lowest BCUT2D eigenvalue weighted by Gasteiger charge is -2.16. The summed E-state index contributed by atoms with van der Waals surface area (Å²) in [6.07, 6.45) is 0. The molecule has 0 saturated carbocycles. The first-order valence-electron chi connectivity index (χ1n) is 9.40. The highest BCUT2D eigenvalue weighted by Gasteiger charge is 2.19. The van der Waals surface area contributed by atoms with Crippen molar-refractivity contribution in [2.45, 2.75) is 0 Å². The minimum atomic E-state index is -0.919. The van der Waals surface area contributed by atoms with Gasteiger partial charge in [-0.15, -0.1) is 10.2 Å². The van der Waals surface area contributed by atoms with E-state index >= 15 is 0 Å². The molecule has 0 fully saturated rings. The second-order valence-corrected chi connectivity index (χ2v) is 7.15. The molecule has 0 aliphatic rings. The van der Waals surface area contributed by atoms with Gasteiger partial charge >= 0.3 is 0 Å². The van der Waals surface area contributed by atoms with E-state index in [0.717, 1.165) is 12.1 Å². The van der Waals surface area contributed by atoms with Crippen LogP contribution in [0.15, 0.2) is 47.6 Å². The number of halogens is 2. The molecule has 13 nitrogen and oxygen atoms in total. The van der Waals surface area contributed by atoms with E-state index in [-0.39, 0.29) is 27.8 Å². The molecule has 15 heteroatoms. The predicted molar refractivity (Wildman–Crippen MR) is 119 cm³/mol. The van der Waals surface area contributed by atoms with E-state index < -0.39 is 17.6 Å². The van der Waals surface area contributed by atoms with Crippen LogP contribution in [-0.4, -0.2) is 49.7 Å². The minimum Gasteiger partial charge on any atom is -0.310 e. The van der Waals surface area contributed by atoms with Crippen LogP contribution in [0.4, 0.5) is 21.6 Å². The molecule has 2 amide bonds. The normalized spacial score (nSPS) is 10.4. The van der Waals surface area contributed by atoms with Crippen molar-refractivity contribution in [3.05, 3.63) is 75.0 Å². The van der Waals surface area contributed by atoms with Gasteiger partial charge in [-0.2, -0.15) is 10.3 Å². The van der Waals surface area contributed by atoms with Gasteiger partial charge in [-0.1, -0.05) is 16.7 Å². The van der Waals surface area contributed by atoms with Crippen LogP contribution in [0, 0.1) is 5.82 Å². The molecule has 34 heavy (non-hydrogen) atoms. The molecule has 0 aliphatic carbocycles. The van der Waals surface area contributed by atoms with Gasteiger partial charge in [-0.25, -0.2) is 4.39 Å². The highest BCUT2D eigenvalue weighted by atomic mass is 35.5. The van der Waals surface area contributed by atoms with Crippen LogP contribution in [0.5, 0.6) is 0 Å². The average molecular weight is 482 g/mol. The molecule has 2 heterocycles. The highest BCUT2D eigenvalue weighted by molar-refractivity contribution is 6.34. The number of carbonyl (C=O) groups excluding carboxylic acids is 2. The number of rotatable bonds is 6. The number of benzene rings is 2. The van der Waals surface area contributed by atoms with Gasteiger partial charge in [-0.05, 0) is 47.1 Å². The lowest BCUT2D eigenvalue weighted by atomic mass is 10.2. The van der Waals surface area contributed by atoms with Crippen molar-refractivity contribution in [3.63, 3.8) is 0 Å². The van der Waals surface area contributed by atoms with Crippen molar-refractivity contribution in [2.75, 3.05) is 17.3 Å². The predicted octanol–water partition coefficient (Wildman–Crippen LogP) is 3.85. The van der Waals surface area contributed by atoms with Crippen molar-refractivity contribution in [1.29, 1.82) is 0 Å².